The molecular formula is C32H36N6O11S. The lowest BCUT2D eigenvalue weighted by Gasteiger charge is -2.30. The number of aromatic nitrogens is 4. The molecule has 0 fully saturated rings. The average molecular weight is 713 g/mol. The van der Waals surface area contributed by atoms with Gasteiger partial charge >= 0.3 is 6.16 Å². The molecule has 4 aromatic rings. The second-order valence-corrected chi connectivity index (χ2v) is 12.2. The molecule has 4 rings (SSSR count). The van der Waals surface area contributed by atoms with E-state index in [1.54, 1.807) is 49.4 Å². The van der Waals surface area contributed by atoms with Crippen LogP contribution >= 0.6 is 0 Å². The fourth-order valence-electron chi connectivity index (χ4n) is 4.50. The first-order valence-corrected chi connectivity index (χ1v) is 16.7. The smallest absolute Gasteiger partial charge is 0.493 e. The van der Waals surface area contributed by atoms with Gasteiger partial charge in [-0.25, -0.2) is 19.1 Å². The summed E-state index contributed by atoms with van der Waals surface area (Å²) in [5, 5.41) is 9.04. The van der Waals surface area contributed by atoms with Gasteiger partial charge in [0, 0.05) is 24.2 Å². The summed E-state index contributed by atoms with van der Waals surface area (Å²) in [7, 11) is -1.89. The highest BCUT2D eigenvalue weighted by molar-refractivity contribution is 7.92. The second-order valence-electron chi connectivity index (χ2n) is 10.5. The SMILES string of the molecule is COc1ccccc1Oc1c(OC)nc(-c2ccncc2)nc1N(C(C)OC(=O)OCCCCCCO[N+](=O)[O-])S(=O)(=O)c1ccc(C)cn1. The Morgan fingerprint density at radius 3 is 2.28 bits per heavy atom. The molecule has 18 heteroatoms. The van der Waals surface area contributed by atoms with Crippen LogP contribution in [0.2, 0.25) is 0 Å². The lowest BCUT2D eigenvalue weighted by Crippen LogP contribution is -2.42. The molecule has 0 spiro atoms. The summed E-state index contributed by atoms with van der Waals surface area (Å²) in [5.74, 6) is -0.208. The predicted molar refractivity (Wildman–Crippen MR) is 177 cm³/mol. The van der Waals surface area contributed by atoms with Gasteiger partial charge in [-0.05, 0) is 69.0 Å². The number of hydrogen-bond acceptors (Lipinski definition) is 15. The number of pyridine rings is 2. The van der Waals surface area contributed by atoms with Crippen LogP contribution < -0.4 is 18.5 Å². The van der Waals surface area contributed by atoms with E-state index in [4.69, 9.17) is 23.7 Å². The number of aryl methyl sites for hydroxylation is 1. The Kier molecular flexibility index (Phi) is 13.0. The number of rotatable bonds is 18. The second kappa shape index (κ2) is 17.6. The minimum absolute atomic E-state index is 0.0347. The number of carbonyl (C=O) groups excluding carboxylic acids is 1. The fourth-order valence-corrected chi connectivity index (χ4v) is 5.91. The van der Waals surface area contributed by atoms with Crippen LogP contribution in [0.5, 0.6) is 23.1 Å². The third kappa shape index (κ3) is 9.65. The number of nitrogens with zero attached hydrogens (tertiary/aromatic N) is 6. The lowest BCUT2D eigenvalue weighted by atomic mass is 10.2. The topological polar surface area (TPSA) is 205 Å². The molecule has 0 aliphatic carbocycles. The minimum atomic E-state index is -4.65. The Balaban J connectivity index is 1.75. The highest BCUT2D eigenvalue weighted by Gasteiger charge is 2.39. The number of methoxy groups -OCH3 is 2. The maximum absolute atomic E-state index is 14.5. The third-order valence-electron chi connectivity index (χ3n) is 6.90. The van der Waals surface area contributed by atoms with E-state index in [2.05, 4.69) is 24.8 Å². The molecule has 0 bridgehead atoms. The summed E-state index contributed by atoms with van der Waals surface area (Å²) in [5.41, 5.74) is 1.17. The van der Waals surface area contributed by atoms with Gasteiger partial charge in [-0.15, -0.1) is 10.1 Å². The average Bonchev–Trinajstić information content (AvgIpc) is 3.10. The van der Waals surface area contributed by atoms with Crippen LogP contribution in [0, 0.1) is 17.0 Å². The Labute approximate surface area is 288 Å². The molecule has 1 atom stereocenters. The van der Waals surface area contributed by atoms with Gasteiger partial charge in [-0.2, -0.15) is 13.4 Å². The van der Waals surface area contributed by atoms with Crippen LogP contribution in [-0.2, 0) is 24.3 Å². The van der Waals surface area contributed by atoms with Crippen molar-refractivity contribution in [3.05, 3.63) is 82.8 Å². The Morgan fingerprint density at radius 2 is 1.64 bits per heavy atom. The first-order valence-electron chi connectivity index (χ1n) is 15.3. The lowest BCUT2D eigenvalue weighted by molar-refractivity contribution is -0.757. The third-order valence-corrected chi connectivity index (χ3v) is 8.66. The summed E-state index contributed by atoms with van der Waals surface area (Å²) in [4.78, 5) is 44.7. The summed E-state index contributed by atoms with van der Waals surface area (Å²) >= 11 is 0. The first-order chi connectivity index (χ1) is 24.0. The molecular weight excluding hydrogens is 676 g/mol. The zero-order valence-electron chi connectivity index (χ0n) is 27.8. The quantitative estimate of drug-likeness (QED) is 0.0410. The van der Waals surface area contributed by atoms with Gasteiger partial charge < -0.3 is 28.5 Å². The van der Waals surface area contributed by atoms with Gasteiger partial charge in [0.2, 0.25) is 5.75 Å². The van der Waals surface area contributed by atoms with Crippen molar-refractivity contribution in [1.29, 1.82) is 0 Å². The van der Waals surface area contributed by atoms with E-state index in [9.17, 15) is 23.3 Å². The van der Waals surface area contributed by atoms with Crippen LogP contribution in [-0.4, -0.2) is 73.3 Å². The molecule has 0 aliphatic heterocycles. The molecule has 0 N–H and O–H groups in total. The van der Waals surface area contributed by atoms with Crippen molar-refractivity contribution in [2.75, 3.05) is 31.7 Å². The van der Waals surface area contributed by atoms with Crippen molar-refractivity contribution < 1.29 is 46.8 Å². The van der Waals surface area contributed by atoms with E-state index in [1.807, 2.05) is 0 Å². The molecule has 3 heterocycles. The molecule has 50 heavy (non-hydrogen) atoms. The fraction of sp³-hybridized carbons (Fsp3) is 0.344. The zero-order chi connectivity index (χ0) is 36.1. The Hall–Kier alpha value is -5.78. The van der Waals surface area contributed by atoms with E-state index in [0.29, 0.717) is 42.6 Å². The van der Waals surface area contributed by atoms with Gasteiger partial charge in [-0.1, -0.05) is 24.6 Å². The number of carbonyl (C=O) groups is 1. The number of ether oxygens (including phenoxy) is 5. The number of hydrogen-bond donors (Lipinski definition) is 0. The molecule has 0 radical (unpaired) electrons. The molecule has 0 aliphatic rings. The van der Waals surface area contributed by atoms with E-state index >= 15 is 0 Å². The summed E-state index contributed by atoms with van der Waals surface area (Å²) in [6.07, 6.45) is 3.72. The molecule has 1 aromatic carbocycles. The van der Waals surface area contributed by atoms with E-state index < -0.39 is 27.5 Å². The van der Waals surface area contributed by atoms with E-state index in [-0.39, 0.29) is 47.3 Å². The molecule has 1 unspecified atom stereocenters. The van der Waals surface area contributed by atoms with Gasteiger partial charge in [-0.3, -0.25) is 4.98 Å². The van der Waals surface area contributed by atoms with Crippen molar-refractivity contribution in [1.82, 2.24) is 19.9 Å². The summed E-state index contributed by atoms with van der Waals surface area (Å²) < 4.78 is 57.7. The molecule has 3 aromatic heterocycles. The van der Waals surface area contributed by atoms with Crippen molar-refractivity contribution in [3.63, 3.8) is 0 Å². The number of anilines is 1. The van der Waals surface area contributed by atoms with Crippen molar-refractivity contribution >= 4 is 22.0 Å². The molecule has 0 saturated heterocycles. The van der Waals surface area contributed by atoms with Crippen LogP contribution in [0.15, 0.2) is 72.1 Å². The van der Waals surface area contributed by atoms with Crippen LogP contribution in [0.1, 0.15) is 38.2 Å². The minimum Gasteiger partial charge on any atom is -0.493 e. The highest BCUT2D eigenvalue weighted by atomic mass is 32.2. The van der Waals surface area contributed by atoms with Gasteiger partial charge in [0.25, 0.3) is 21.0 Å². The maximum Gasteiger partial charge on any atom is 0.510 e. The standard InChI is InChI=1S/C32H36N6O11S/c1-22-13-14-27(34-21-22)50(42,43)37(23(2)48-32(39)46-19-9-5-6-10-20-47-38(40)41)30-28(49-26-12-8-7-11-25(26)44-3)31(45-4)36-29(35-30)24-15-17-33-18-16-24/h7-8,11-18,21,23H,5-6,9-10,19-20H2,1-4H3. The number of benzene rings is 1. The number of para-hydroxylation sites is 2. The van der Waals surface area contributed by atoms with Crippen molar-refractivity contribution in [2.24, 2.45) is 0 Å². The van der Waals surface area contributed by atoms with Crippen molar-refractivity contribution in [3.8, 4) is 34.5 Å². The Bertz CT molecular complexity index is 1850. The van der Waals surface area contributed by atoms with Crippen LogP contribution in [0.4, 0.5) is 10.6 Å². The van der Waals surface area contributed by atoms with Gasteiger partial charge in [0.1, 0.15) is 0 Å². The van der Waals surface area contributed by atoms with Gasteiger partial charge in [0.05, 0.1) is 27.4 Å². The van der Waals surface area contributed by atoms with Crippen LogP contribution in [0.25, 0.3) is 11.4 Å². The maximum atomic E-state index is 14.5. The predicted octanol–water partition coefficient (Wildman–Crippen LogP) is 5.51. The zero-order valence-corrected chi connectivity index (χ0v) is 28.6. The summed E-state index contributed by atoms with van der Waals surface area (Å²) in [6.45, 7) is 2.98. The van der Waals surface area contributed by atoms with Crippen molar-refractivity contribution in [2.45, 2.75) is 50.8 Å². The normalized spacial score (nSPS) is 11.6. The Morgan fingerprint density at radius 1 is 0.940 bits per heavy atom. The molecule has 266 valence electrons. The summed E-state index contributed by atoms with van der Waals surface area (Å²) in [6, 6.07) is 12.7. The van der Waals surface area contributed by atoms with E-state index in [0.717, 1.165) is 4.31 Å². The monoisotopic (exact) mass is 712 g/mol. The first kappa shape index (κ1) is 37.0. The largest absolute Gasteiger partial charge is 0.510 e. The van der Waals surface area contributed by atoms with Gasteiger partial charge in [0.15, 0.2) is 34.4 Å². The molecule has 0 amide bonds. The molecule has 0 saturated carbocycles. The van der Waals surface area contributed by atoms with Crippen LogP contribution in [0.3, 0.4) is 0 Å². The molecule has 17 nitrogen and oxygen atoms in total. The van der Waals surface area contributed by atoms with E-state index in [1.165, 1.54) is 45.8 Å². The highest BCUT2D eigenvalue weighted by Crippen LogP contribution is 2.44. The number of unbranched alkanes of at least 4 members (excludes halogenated alkanes) is 3. The number of sulfonamides is 1.